The molecule has 1 amide bonds. The van der Waals surface area contributed by atoms with Crippen LogP contribution in [-0.4, -0.2) is 52.9 Å². The number of halogens is 1. The van der Waals surface area contributed by atoms with Crippen molar-refractivity contribution in [3.05, 3.63) is 23.1 Å². The van der Waals surface area contributed by atoms with E-state index in [1.54, 1.807) is 25.0 Å². The van der Waals surface area contributed by atoms with Crippen LogP contribution in [0.5, 0.6) is 11.5 Å². The van der Waals surface area contributed by atoms with Crippen molar-refractivity contribution in [1.82, 2.24) is 14.9 Å². The van der Waals surface area contributed by atoms with Gasteiger partial charge in [0.15, 0.2) is 11.5 Å². The number of piperidine rings is 1. The van der Waals surface area contributed by atoms with E-state index in [4.69, 9.17) is 25.8 Å². The lowest BCUT2D eigenvalue weighted by Gasteiger charge is -2.33. The van der Waals surface area contributed by atoms with Crippen LogP contribution in [0.1, 0.15) is 39.4 Å². The first-order valence-electron chi connectivity index (χ1n) is 9.33. The van der Waals surface area contributed by atoms with E-state index in [0.717, 1.165) is 0 Å². The second-order valence-electron chi connectivity index (χ2n) is 7.87. The number of aryl methyl sites for hydroxylation is 1. The summed E-state index contributed by atoms with van der Waals surface area (Å²) in [6.07, 6.45) is 1.10. The number of aromatic nitrogens is 2. The lowest BCUT2D eigenvalue weighted by atomic mass is 10.1. The van der Waals surface area contributed by atoms with Crippen molar-refractivity contribution in [2.24, 2.45) is 0 Å². The van der Waals surface area contributed by atoms with Crippen LogP contribution in [0.25, 0.3) is 10.9 Å². The Morgan fingerprint density at radius 3 is 2.46 bits per heavy atom. The minimum atomic E-state index is -0.497. The summed E-state index contributed by atoms with van der Waals surface area (Å²) in [5.74, 6) is 1.79. The lowest BCUT2D eigenvalue weighted by Crippen LogP contribution is -2.44. The van der Waals surface area contributed by atoms with Crippen LogP contribution < -0.4 is 9.47 Å². The van der Waals surface area contributed by atoms with Crippen molar-refractivity contribution in [2.75, 3.05) is 20.2 Å². The molecule has 0 unspecified atom stereocenters. The summed E-state index contributed by atoms with van der Waals surface area (Å²) < 4.78 is 17.1. The number of nitrogens with zero attached hydrogens (tertiary/aromatic N) is 3. The molecule has 152 valence electrons. The average molecular weight is 408 g/mol. The summed E-state index contributed by atoms with van der Waals surface area (Å²) in [7, 11) is 1.59. The first-order chi connectivity index (χ1) is 13.2. The molecule has 1 aromatic heterocycles. The quantitative estimate of drug-likeness (QED) is 0.703. The summed E-state index contributed by atoms with van der Waals surface area (Å²) in [6.45, 7) is 8.55. The molecule has 0 atom stereocenters. The predicted molar refractivity (Wildman–Crippen MR) is 107 cm³/mol. The SMILES string of the molecule is COc1cc2nc(C)nc(Cl)c2cc1OC1CCN(C(=O)OC(C)(C)C)CC1. The molecule has 2 heterocycles. The van der Waals surface area contributed by atoms with Crippen molar-refractivity contribution in [2.45, 2.75) is 52.2 Å². The molecule has 3 rings (SSSR count). The van der Waals surface area contributed by atoms with Gasteiger partial charge in [0.25, 0.3) is 0 Å². The monoisotopic (exact) mass is 407 g/mol. The first kappa shape index (κ1) is 20.5. The van der Waals surface area contributed by atoms with Crippen molar-refractivity contribution < 1.29 is 19.0 Å². The van der Waals surface area contributed by atoms with Gasteiger partial charge in [-0.05, 0) is 33.8 Å². The molecule has 0 radical (unpaired) electrons. The predicted octanol–water partition coefficient (Wildman–Crippen LogP) is 4.38. The molecule has 2 aromatic rings. The largest absolute Gasteiger partial charge is 0.493 e. The van der Waals surface area contributed by atoms with E-state index in [1.807, 2.05) is 26.8 Å². The topological polar surface area (TPSA) is 73.8 Å². The molecule has 0 N–H and O–H groups in total. The van der Waals surface area contributed by atoms with E-state index in [9.17, 15) is 4.79 Å². The Hall–Kier alpha value is -2.28. The number of benzene rings is 1. The number of ether oxygens (including phenoxy) is 3. The fourth-order valence-electron chi connectivity index (χ4n) is 3.12. The van der Waals surface area contributed by atoms with Gasteiger partial charge in [-0.25, -0.2) is 14.8 Å². The Morgan fingerprint density at radius 1 is 1.18 bits per heavy atom. The summed E-state index contributed by atoms with van der Waals surface area (Å²) in [5.41, 5.74) is 0.212. The Labute approximate surface area is 169 Å². The Morgan fingerprint density at radius 2 is 1.86 bits per heavy atom. The van der Waals surface area contributed by atoms with Gasteiger partial charge in [0.1, 0.15) is 22.7 Å². The van der Waals surface area contributed by atoms with Crippen LogP contribution in [0.2, 0.25) is 5.15 Å². The molecule has 0 bridgehead atoms. The molecular formula is C20H26ClN3O4. The standard InChI is InChI=1S/C20H26ClN3O4/c1-12-22-15-11-16(26-5)17(10-14(15)18(21)23-12)27-13-6-8-24(9-7-13)19(25)28-20(2,3)4/h10-11,13H,6-9H2,1-5H3. The first-order valence-corrected chi connectivity index (χ1v) is 9.70. The Balaban J connectivity index is 1.71. The van der Waals surface area contributed by atoms with Crippen molar-refractivity contribution in [3.8, 4) is 11.5 Å². The highest BCUT2D eigenvalue weighted by molar-refractivity contribution is 6.34. The number of hydrogen-bond acceptors (Lipinski definition) is 6. The van der Waals surface area contributed by atoms with Crippen molar-refractivity contribution in [1.29, 1.82) is 0 Å². The third-order valence-corrected chi connectivity index (χ3v) is 4.72. The van der Waals surface area contributed by atoms with E-state index in [-0.39, 0.29) is 12.2 Å². The highest BCUT2D eigenvalue weighted by Gasteiger charge is 2.28. The molecule has 8 heteroatoms. The molecular weight excluding hydrogens is 382 g/mol. The molecule has 1 saturated heterocycles. The number of fused-ring (bicyclic) bond motifs is 1. The molecule has 7 nitrogen and oxygen atoms in total. The van der Waals surface area contributed by atoms with Gasteiger partial charge < -0.3 is 19.1 Å². The fourth-order valence-corrected chi connectivity index (χ4v) is 3.40. The summed E-state index contributed by atoms with van der Waals surface area (Å²) >= 11 is 6.27. The van der Waals surface area contributed by atoms with Crippen LogP contribution in [-0.2, 0) is 4.74 Å². The van der Waals surface area contributed by atoms with Crippen LogP contribution in [0.15, 0.2) is 12.1 Å². The zero-order valence-electron chi connectivity index (χ0n) is 16.9. The van der Waals surface area contributed by atoms with Crippen LogP contribution in [0, 0.1) is 6.92 Å². The second-order valence-corrected chi connectivity index (χ2v) is 8.22. The molecule has 1 fully saturated rings. The second kappa shape index (κ2) is 7.99. The van der Waals surface area contributed by atoms with Gasteiger partial charge in [-0.3, -0.25) is 0 Å². The number of carbonyl (C=O) groups is 1. The normalized spacial score (nSPS) is 15.6. The van der Waals surface area contributed by atoms with Gasteiger partial charge in [0.2, 0.25) is 0 Å². The Bertz CT molecular complexity index is 874. The highest BCUT2D eigenvalue weighted by Crippen LogP contribution is 2.35. The molecule has 28 heavy (non-hydrogen) atoms. The summed E-state index contributed by atoms with van der Waals surface area (Å²) in [4.78, 5) is 22.5. The minimum absolute atomic E-state index is 0.0322. The molecule has 1 aromatic carbocycles. The molecule has 0 aliphatic carbocycles. The number of carbonyl (C=O) groups excluding carboxylic acids is 1. The molecule has 0 saturated carbocycles. The van der Waals surface area contributed by atoms with Gasteiger partial charge in [-0.1, -0.05) is 11.6 Å². The maximum atomic E-state index is 12.2. The number of likely N-dealkylation sites (tertiary alicyclic amines) is 1. The van der Waals surface area contributed by atoms with Gasteiger partial charge in [0.05, 0.1) is 12.6 Å². The number of hydrogen-bond donors (Lipinski definition) is 0. The van der Waals surface area contributed by atoms with E-state index >= 15 is 0 Å². The smallest absolute Gasteiger partial charge is 0.410 e. The highest BCUT2D eigenvalue weighted by atomic mass is 35.5. The lowest BCUT2D eigenvalue weighted by molar-refractivity contribution is 0.0124. The minimum Gasteiger partial charge on any atom is -0.493 e. The van der Waals surface area contributed by atoms with E-state index in [2.05, 4.69) is 9.97 Å². The number of amides is 1. The van der Waals surface area contributed by atoms with Crippen LogP contribution in [0.4, 0.5) is 4.79 Å². The van der Waals surface area contributed by atoms with Crippen LogP contribution in [0.3, 0.4) is 0 Å². The van der Waals surface area contributed by atoms with Crippen molar-refractivity contribution in [3.63, 3.8) is 0 Å². The average Bonchev–Trinajstić information content (AvgIpc) is 2.60. The zero-order chi connectivity index (χ0) is 20.5. The van der Waals surface area contributed by atoms with Gasteiger partial charge in [0, 0.05) is 37.4 Å². The molecule has 1 aliphatic rings. The van der Waals surface area contributed by atoms with E-state index in [1.165, 1.54) is 0 Å². The summed E-state index contributed by atoms with van der Waals surface area (Å²) in [5, 5.41) is 1.10. The fraction of sp³-hybridized carbons (Fsp3) is 0.550. The van der Waals surface area contributed by atoms with E-state index < -0.39 is 5.60 Å². The van der Waals surface area contributed by atoms with Gasteiger partial charge in [-0.15, -0.1) is 0 Å². The van der Waals surface area contributed by atoms with Crippen molar-refractivity contribution >= 4 is 28.6 Å². The maximum Gasteiger partial charge on any atom is 0.410 e. The zero-order valence-corrected chi connectivity index (χ0v) is 17.7. The van der Waals surface area contributed by atoms with Gasteiger partial charge in [-0.2, -0.15) is 0 Å². The number of rotatable bonds is 3. The number of methoxy groups -OCH3 is 1. The summed E-state index contributed by atoms with van der Waals surface area (Å²) in [6, 6.07) is 3.62. The molecule has 1 aliphatic heterocycles. The van der Waals surface area contributed by atoms with Crippen LogP contribution >= 0.6 is 11.6 Å². The third kappa shape index (κ3) is 4.76. The molecule has 0 spiro atoms. The third-order valence-electron chi connectivity index (χ3n) is 4.43. The van der Waals surface area contributed by atoms with E-state index in [0.29, 0.717) is 59.3 Å². The maximum absolute atomic E-state index is 12.2. The van der Waals surface area contributed by atoms with Gasteiger partial charge >= 0.3 is 6.09 Å². The Kier molecular flexibility index (Phi) is 5.84.